The molecular formula is C14H19N3O. The molecule has 18 heavy (non-hydrogen) atoms. The van der Waals surface area contributed by atoms with Crippen LogP contribution in [0.5, 0.6) is 0 Å². The van der Waals surface area contributed by atoms with E-state index in [2.05, 4.69) is 14.9 Å². The van der Waals surface area contributed by atoms with Crippen molar-refractivity contribution in [3.63, 3.8) is 0 Å². The van der Waals surface area contributed by atoms with E-state index < -0.39 is 0 Å². The van der Waals surface area contributed by atoms with E-state index in [1.165, 1.54) is 12.8 Å². The number of aromatic amines is 1. The number of pyridine rings is 1. The van der Waals surface area contributed by atoms with Crippen LogP contribution in [0, 0.1) is 12.8 Å². The summed E-state index contributed by atoms with van der Waals surface area (Å²) in [7, 11) is 0. The van der Waals surface area contributed by atoms with Crippen LogP contribution in [0.2, 0.25) is 0 Å². The Morgan fingerprint density at radius 2 is 2.39 bits per heavy atom. The third-order valence-electron chi connectivity index (χ3n) is 3.75. The summed E-state index contributed by atoms with van der Waals surface area (Å²) in [5, 5.41) is 4.46. The number of hydrogen-bond donors (Lipinski definition) is 2. The molecule has 4 nitrogen and oxygen atoms in total. The monoisotopic (exact) mass is 245 g/mol. The van der Waals surface area contributed by atoms with Gasteiger partial charge >= 0.3 is 0 Å². The lowest BCUT2D eigenvalue weighted by Crippen LogP contribution is -2.32. The van der Waals surface area contributed by atoms with E-state index in [-0.39, 0.29) is 5.56 Å². The zero-order valence-corrected chi connectivity index (χ0v) is 10.7. The molecule has 3 heterocycles. The summed E-state index contributed by atoms with van der Waals surface area (Å²) < 4.78 is 2.10. The first kappa shape index (κ1) is 11.5. The summed E-state index contributed by atoms with van der Waals surface area (Å²) in [5.74, 6) is 0.634. The predicted molar refractivity (Wildman–Crippen MR) is 72.9 cm³/mol. The van der Waals surface area contributed by atoms with Crippen LogP contribution in [0.4, 0.5) is 0 Å². The number of piperidine rings is 1. The highest BCUT2D eigenvalue weighted by molar-refractivity contribution is 5.79. The van der Waals surface area contributed by atoms with Gasteiger partial charge in [-0.3, -0.25) is 4.79 Å². The fraction of sp³-hybridized carbons (Fsp3) is 0.500. The van der Waals surface area contributed by atoms with Crippen molar-refractivity contribution in [1.29, 1.82) is 0 Å². The van der Waals surface area contributed by atoms with Crippen LogP contribution in [0.3, 0.4) is 0 Å². The van der Waals surface area contributed by atoms with E-state index in [9.17, 15) is 4.79 Å². The molecule has 0 aliphatic carbocycles. The first-order chi connectivity index (χ1) is 8.74. The van der Waals surface area contributed by atoms with Crippen molar-refractivity contribution in [3.05, 3.63) is 34.4 Å². The molecule has 0 bridgehead atoms. The number of rotatable bonds is 2. The molecule has 1 fully saturated rings. The molecule has 4 heteroatoms. The van der Waals surface area contributed by atoms with Crippen LogP contribution >= 0.6 is 0 Å². The lowest BCUT2D eigenvalue weighted by atomic mass is 10.00. The van der Waals surface area contributed by atoms with Crippen molar-refractivity contribution in [1.82, 2.24) is 14.9 Å². The van der Waals surface area contributed by atoms with Gasteiger partial charge in [-0.25, -0.2) is 0 Å². The van der Waals surface area contributed by atoms with Gasteiger partial charge in [0.1, 0.15) is 5.52 Å². The van der Waals surface area contributed by atoms with Gasteiger partial charge in [-0.05, 0) is 50.9 Å². The molecule has 0 saturated carbocycles. The largest absolute Gasteiger partial charge is 0.343 e. The van der Waals surface area contributed by atoms with E-state index >= 15 is 0 Å². The predicted octanol–water partition coefficient (Wildman–Crippen LogP) is 1.64. The van der Waals surface area contributed by atoms with Crippen LogP contribution in [-0.2, 0) is 6.54 Å². The molecular weight excluding hydrogens is 226 g/mol. The molecule has 1 aliphatic heterocycles. The van der Waals surface area contributed by atoms with Gasteiger partial charge in [0, 0.05) is 23.8 Å². The third kappa shape index (κ3) is 2.08. The summed E-state index contributed by atoms with van der Waals surface area (Å²) in [6, 6.07) is 4.07. The Hall–Kier alpha value is -1.55. The Labute approximate surface area is 106 Å². The molecule has 0 spiro atoms. The van der Waals surface area contributed by atoms with E-state index in [1.54, 1.807) is 0 Å². The Morgan fingerprint density at radius 1 is 1.50 bits per heavy atom. The number of aryl methyl sites for hydroxylation is 1. The topological polar surface area (TPSA) is 49.8 Å². The zero-order chi connectivity index (χ0) is 12.5. The molecule has 0 radical (unpaired) electrons. The van der Waals surface area contributed by atoms with E-state index in [0.29, 0.717) is 5.92 Å². The Kier molecular flexibility index (Phi) is 2.96. The number of hydrogen-bond acceptors (Lipinski definition) is 2. The summed E-state index contributed by atoms with van der Waals surface area (Å²) in [6.45, 7) is 5.04. The molecule has 1 saturated heterocycles. The van der Waals surface area contributed by atoms with Crippen molar-refractivity contribution in [2.24, 2.45) is 5.92 Å². The summed E-state index contributed by atoms with van der Waals surface area (Å²) in [5.41, 5.74) is 1.76. The number of fused-ring (bicyclic) bond motifs is 1. The number of nitrogens with one attached hydrogen (secondary N) is 2. The molecule has 0 amide bonds. The van der Waals surface area contributed by atoms with Gasteiger partial charge in [0.05, 0.1) is 0 Å². The third-order valence-corrected chi connectivity index (χ3v) is 3.75. The van der Waals surface area contributed by atoms with Crippen LogP contribution in [0.1, 0.15) is 18.5 Å². The smallest absolute Gasteiger partial charge is 0.272 e. The summed E-state index contributed by atoms with van der Waals surface area (Å²) >= 11 is 0. The maximum absolute atomic E-state index is 12.0. The first-order valence-electron chi connectivity index (χ1n) is 6.63. The quantitative estimate of drug-likeness (QED) is 0.845. The minimum atomic E-state index is 0.0266. The fourth-order valence-electron chi connectivity index (χ4n) is 2.89. The molecule has 1 aliphatic rings. The molecule has 2 N–H and O–H groups in total. The van der Waals surface area contributed by atoms with Crippen LogP contribution in [0.15, 0.2) is 23.1 Å². The SMILES string of the molecule is Cc1cc2ccn(CC3CCCNC3)c2c(=O)[nH]1. The maximum Gasteiger partial charge on any atom is 0.272 e. The lowest BCUT2D eigenvalue weighted by Gasteiger charge is -2.23. The first-order valence-corrected chi connectivity index (χ1v) is 6.63. The van der Waals surface area contributed by atoms with Gasteiger partial charge in [0.2, 0.25) is 0 Å². The van der Waals surface area contributed by atoms with Gasteiger partial charge in [0.25, 0.3) is 5.56 Å². The zero-order valence-electron chi connectivity index (χ0n) is 10.7. The van der Waals surface area contributed by atoms with Gasteiger partial charge in [-0.2, -0.15) is 0 Å². The highest BCUT2D eigenvalue weighted by Crippen LogP contribution is 2.17. The normalized spacial score (nSPS) is 20.4. The van der Waals surface area contributed by atoms with Crippen molar-refractivity contribution < 1.29 is 0 Å². The standard InChI is InChI=1S/C14H19N3O/c1-10-7-12-4-6-17(13(12)14(18)16-10)9-11-3-2-5-15-8-11/h4,6-7,11,15H,2-3,5,8-9H2,1H3,(H,16,18). The molecule has 96 valence electrons. The van der Waals surface area contributed by atoms with Crippen molar-refractivity contribution >= 4 is 10.9 Å². The van der Waals surface area contributed by atoms with Crippen molar-refractivity contribution in [2.75, 3.05) is 13.1 Å². The van der Waals surface area contributed by atoms with Crippen LogP contribution < -0.4 is 10.9 Å². The average Bonchev–Trinajstić information content (AvgIpc) is 2.73. The average molecular weight is 245 g/mol. The molecule has 3 rings (SSSR count). The Morgan fingerprint density at radius 3 is 3.17 bits per heavy atom. The second kappa shape index (κ2) is 4.61. The highest BCUT2D eigenvalue weighted by atomic mass is 16.1. The summed E-state index contributed by atoms with van der Waals surface area (Å²) in [6.07, 6.45) is 4.52. The number of H-pyrrole nitrogens is 1. The van der Waals surface area contributed by atoms with E-state index in [0.717, 1.165) is 36.2 Å². The molecule has 1 atom stereocenters. The molecule has 2 aromatic rings. The van der Waals surface area contributed by atoms with E-state index in [4.69, 9.17) is 0 Å². The molecule has 0 aromatic carbocycles. The fourth-order valence-corrected chi connectivity index (χ4v) is 2.89. The van der Waals surface area contributed by atoms with E-state index in [1.807, 2.05) is 25.3 Å². The second-order valence-corrected chi connectivity index (χ2v) is 5.27. The maximum atomic E-state index is 12.0. The van der Waals surface area contributed by atoms with Gasteiger partial charge in [-0.1, -0.05) is 0 Å². The highest BCUT2D eigenvalue weighted by Gasteiger charge is 2.15. The summed E-state index contributed by atoms with van der Waals surface area (Å²) in [4.78, 5) is 14.9. The Balaban J connectivity index is 1.94. The van der Waals surface area contributed by atoms with Gasteiger partial charge < -0.3 is 14.9 Å². The minimum absolute atomic E-state index is 0.0266. The molecule has 1 unspecified atom stereocenters. The Bertz CT molecular complexity index is 605. The molecule has 2 aromatic heterocycles. The minimum Gasteiger partial charge on any atom is -0.343 e. The number of aromatic nitrogens is 2. The van der Waals surface area contributed by atoms with Gasteiger partial charge in [0.15, 0.2) is 0 Å². The van der Waals surface area contributed by atoms with Crippen molar-refractivity contribution in [3.8, 4) is 0 Å². The van der Waals surface area contributed by atoms with Crippen molar-refractivity contribution in [2.45, 2.75) is 26.3 Å². The van der Waals surface area contributed by atoms with Crippen LogP contribution in [0.25, 0.3) is 10.9 Å². The van der Waals surface area contributed by atoms with Crippen LogP contribution in [-0.4, -0.2) is 22.6 Å². The number of nitrogens with zero attached hydrogens (tertiary/aromatic N) is 1. The second-order valence-electron chi connectivity index (χ2n) is 5.27. The van der Waals surface area contributed by atoms with Gasteiger partial charge in [-0.15, -0.1) is 0 Å². The lowest BCUT2D eigenvalue weighted by molar-refractivity contribution is 0.340.